The second-order valence-electron chi connectivity index (χ2n) is 5.23. The van der Waals surface area contributed by atoms with Gasteiger partial charge in [-0.3, -0.25) is 9.69 Å². The molecule has 0 bridgehead atoms. The number of nitrogens with one attached hydrogen (secondary N) is 1. The first-order chi connectivity index (χ1) is 9.24. The maximum Gasteiger partial charge on any atom is 0.236 e. The van der Waals surface area contributed by atoms with Gasteiger partial charge in [0.1, 0.15) is 12.2 Å². The van der Waals surface area contributed by atoms with Crippen LogP contribution in [-0.4, -0.2) is 87.9 Å². The summed E-state index contributed by atoms with van der Waals surface area (Å²) in [6.07, 6.45) is 1.11. The maximum absolute atomic E-state index is 12.3. The van der Waals surface area contributed by atoms with E-state index in [0.717, 1.165) is 32.6 Å². The van der Waals surface area contributed by atoms with E-state index in [0.29, 0.717) is 19.6 Å². The smallest absolute Gasteiger partial charge is 0.236 e. The van der Waals surface area contributed by atoms with Gasteiger partial charge in [-0.05, 0) is 19.5 Å². The van der Waals surface area contributed by atoms with E-state index in [1.165, 1.54) is 0 Å². The molecule has 2 atom stereocenters. The lowest BCUT2D eigenvalue weighted by Crippen LogP contribution is -2.41. The molecule has 0 saturated carbocycles. The number of likely N-dealkylation sites (tertiary alicyclic amines) is 1. The van der Waals surface area contributed by atoms with E-state index in [9.17, 15) is 4.79 Å². The Balaban J connectivity index is 1.82. The third-order valence-corrected chi connectivity index (χ3v) is 3.97. The second-order valence-corrected chi connectivity index (χ2v) is 5.23. The number of carbonyl (C=O) groups is 1. The van der Waals surface area contributed by atoms with Crippen LogP contribution in [0.5, 0.6) is 0 Å². The van der Waals surface area contributed by atoms with Gasteiger partial charge in [0, 0.05) is 40.4 Å². The molecule has 0 radical (unpaired) electrons. The molecular weight excluding hydrogens is 246 g/mol. The van der Waals surface area contributed by atoms with Crippen molar-refractivity contribution in [2.24, 2.45) is 0 Å². The van der Waals surface area contributed by atoms with Crippen molar-refractivity contribution in [1.29, 1.82) is 0 Å². The number of rotatable bonds is 4. The highest BCUT2D eigenvalue weighted by Crippen LogP contribution is 2.16. The van der Waals surface area contributed by atoms with Crippen molar-refractivity contribution in [2.75, 3.05) is 60.0 Å². The van der Waals surface area contributed by atoms with Crippen molar-refractivity contribution in [2.45, 2.75) is 18.6 Å². The molecule has 2 unspecified atom stereocenters. The van der Waals surface area contributed by atoms with Gasteiger partial charge < -0.3 is 19.7 Å². The van der Waals surface area contributed by atoms with Crippen LogP contribution < -0.4 is 5.32 Å². The summed E-state index contributed by atoms with van der Waals surface area (Å²) < 4.78 is 10.7. The summed E-state index contributed by atoms with van der Waals surface area (Å²) in [5, 5.41) is 3.35. The Hall–Kier alpha value is -0.690. The summed E-state index contributed by atoms with van der Waals surface area (Å²) in [6.45, 7) is 5.74. The van der Waals surface area contributed by atoms with Crippen LogP contribution in [-0.2, 0) is 14.3 Å². The van der Waals surface area contributed by atoms with Gasteiger partial charge in [0.25, 0.3) is 0 Å². The zero-order valence-corrected chi connectivity index (χ0v) is 11.9. The van der Waals surface area contributed by atoms with E-state index in [1.54, 1.807) is 14.2 Å². The Labute approximate surface area is 115 Å². The van der Waals surface area contributed by atoms with Crippen molar-refractivity contribution in [3.05, 3.63) is 0 Å². The molecule has 1 N–H and O–H groups in total. The van der Waals surface area contributed by atoms with Gasteiger partial charge in [-0.25, -0.2) is 0 Å². The molecule has 2 aliphatic rings. The molecule has 2 aliphatic heterocycles. The van der Waals surface area contributed by atoms with E-state index in [1.807, 2.05) is 4.90 Å². The number of methoxy groups -OCH3 is 2. The van der Waals surface area contributed by atoms with Crippen LogP contribution in [0.2, 0.25) is 0 Å². The second kappa shape index (κ2) is 7.19. The van der Waals surface area contributed by atoms with Crippen LogP contribution in [0, 0.1) is 0 Å². The predicted molar refractivity (Wildman–Crippen MR) is 72.1 cm³/mol. The molecule has 2 heterocycles. The molecule has 2 saturated heterocycles. The molecular formula is C13H25N3O3. The topological polar surface area (TPSA) is 54.0 Å². The molecule has 0 aromatic carbocycles. The van der Waals surface area contributed by atoms with Crippen molar-refractivity contribution in [3.63, 3.8) is 0 Å². The predicted octanol–water partition coefficient (Wildman–Crippen LogP) is -0.846. The van der Waals surface area contributed by atoms with Crippen molar-refractivity contribution >= 4 is 5.91 Å². The third-order valence-electron chi connectivity index (χ3n) is 3.97. The minimum absolute atomic E-state index is 0.000231. The molecule has 110 valence electrons. The van der Waals surface area contributed by atoms with Gasteiger partial charge in [-0.2, -0.15) is 0 Å². The summed E-state index contributed by atoms with van der Waals surface area (Å²) >= 11 is 0. The van der Waals surface area contributed by atoms with Crippen LogP contribution >= 0.6 is 0 Å². The van der Waals surface area contributed by atoms with Crippen LogP contribution in [0.3, 0.4) is 0 Å². The van der Waals surface area contributed by atoms with E-state index in [2.05, 4.69) is 10.2 Å². The fourth-order valence-corrected chi connectivity index (χ4v) is 2.75. The molecule has 2 fully saturated rings. The lowest BCUT2D eigenvalue weighted by Gasteiger charge is -2.23. The highest BCUT2D eigenvalue weighted by Gasteiger charge is 2.35. The minimum Gasteiger partial charge on any atom is -0.377 e. The lowest BCUT2D eigenvalue weighted by atomic mass is 10.3. The lowest BCUT2D eigenvalue weighted by molar-refractivity contribution is -0.131. The highest BCUT2D eigenvalue weighted by molar-refractivity contribution is 5.78. The standard InChI is InChI=1S/C13H25N3O3/c1-18-11-8-16(9-12(11)19-2)13(17)10-15-6-3-4-14-5-7-15/h11-12,14H,3-10H2,1-2H3. The normalized spacial score (nSPS) is 29.5. The van der Waals surface area contributed by atoms with Gasteiger partial charge in [-0.1, -0.05) is 0 Å². The van der Waals surface area contributed by atoms with Gasteiger partial charge >= 0.3 is 0 Å². The van der Waals surface area contributed by atoms with Crippen LogP contribution in [0.25, 0.3) is 0 Å². The Kier molecular flexibility index (Phi) is 5.57. The van der Waals surface area contributed by atoms with Crippen LogP contribution in [0.4, 0.5) is 0 Å². The minimum atomic E-state index is -0.000231. The maximum atomic E-state index is 12.3. The molecule has 19 heavy (non-hydrogen) atoms. The number of nitrogens with zero attached hydrogens (tertiary/aromatic N) is 2. The summed E-state index contributed by atoms with van der Waals surface area (Å²) in [5.41, 5.74) is 0. The van der Waals surface area contributed by atoms with E-state index >= 15 is 0 Å². The first kappa shape index (κ1) is 14.7. The zero-order chi connectivity index (χ0) is 13.7. The summed E-state index contributed by atoms with van der Waals surface area (Å²) in [7, 11) is 3.34. The molecule has 2 rings (SSSR count). The van der Waals surface area contributed by atoms with E-state index in [-0.39, 0.29) is 18.1 Å². The quantitative estimate of drug-likeness (QED) is 0.722. The largest absolute Gasteiger partial charge is 0.377 e. The van der Waals surface area contributed by atoms with Gasteiger partial charge in [0.2, 0.25) is 5.91 Å². The van der Waals surface area contributed by atoms with E-state index < -0.39 is 0 Å². The number of hydrogen-bond donors (Lipinski definition) is 1. The number of carbonyl (C=O) groups excluding carboxylic acids is 1. The first-order valence-electron chi connectivity index (χ1n) is 7.01. The van der Waals surface area contributed by atoms with Crippen LogP contribution in [0.15, 0.2) is 0 Å². The molecule has 6 heteroatoms. The first-order valence-corrected chi connectivity index (χ1v) is 7.01. The SMILES string of the molecule is COC1CN(C(=O)CN2CCCNCC2)CC1OC. The number of amides is 1. The van der Waals surface area contributed by atoms with Gasteiger partial charge in [0.15, 0.2) is 0 Å². The zero-order valence-electron chi connectivity index (χ0n) is 11.9. The van der Waals surface area contributed by atoms with Crippen molar-refractivity contribution in [1.82, 2.24) is 15.1 Å². The Morgan fingerprint density at radius 2 is 1.84 bits per heavy atom. The van der Waals surface area contributed by atoms with E-state index in [4.69, 9.17) is 9.47 Å². The average molecular weight is 271 g/mol. The number of hydrogen-bond acceptors (Lipinski definition) is 5. The Morgan fingerprint density at radius 1 is 1.16 bits per heavy atom. The van der Waals surface area contributed by atoms with Gasteiger partial charge in [0.05, 0.1) is 6.54 Å². The van der Waals surface area contributed by atoms with Gasteiger partial charge in [-0.15, -0.1) is 0 Å². The summed E-state index contributed by atoms with van der Waals surface area (Å²) in [4.78, 5) is 16.4. The summed E-state index contributed by atoms with van der Waals surface area (Å²) in [6, 6.07) is 0. The molecule has 0 aliphatic carbocycles. The van der Waals surface area contributed by atoms with Crippen LogP contribution in [0.1, 0.15) is 6.42 Å². The third kappa shape index (κ3) is 3.89. The summed E-state index contributed by atoms with van der Waals surface area (Å²) in [5.74, 6) is 0.184. The Morgan fingerprint density at radius 3 is 2.47 bits per heavy atom. The highest BCUT2D eigenvalue weighted by atomic mass is 16.5. The number of ether oxygens (including phenoxy) is 2. The van der Waals surface area contributed by atoms with Crippen molar-refractivity contribution < 1.29 is 14.3 Å². The molecule has 0 aromatic heterocycles. The van der Waals surface area contributed by atoms with Crippen molar-refractivity contribution in [3.8, 4) is 0 Å². The molecule has 0 aromatic rings. The average Bonchev–Trinajstić information content (AvgIpc) is 2.69. The molecule has 6 nitrogen and oxygen atoms in total. The fraction of sp³-hybridized carbons (Fsp3) is 0.923. The fourth-order valence-electron chi connectivity index (χ4n) is 2.75. The monoisotopic (exact) mass is 271 g/mol. The Bertz CT molecular complexity index is 281. The molecule has 0 spiro atoms. The molecule has 1 amide bonds.